The predicted molar refractivity (Wildman–Crippen MR) is 82.4 cm³/mol. The molecule has 1 aromatic rings. The third-order valence-electron chi connectivity index (χ3n) is 4.19. The molecule has 1 aliphatic heterocycles. The number of aryl methyl sites for hydroxylation is 1. The van der Waals surface area contributed by atoms with Crippen molar-refractivity contribution in [3.8, 4) is 0 Å². The molecule has 1 saturated heterocycles. The van der Waals surface area contributed by atoms with Gasteiger partial charge in [-0.25, -0.2) is 0 Å². The van der Waals surface area contributed by atoms with Crippen LogP contribution in [0.3, 0.4) is 0 Å². The zero-order valence-corrected chi connectivity index (χ0v) is 12.8. The van der Waals surface area contributed by atoms with Crippen LogP contribution in [-0.2, 0) is 0 Å². The lowest BCUT2D eigenvalue weighted by atomic mass is 10.00. The summed E-state index contributed by atoms with van der Waals surface area (Å²) in [7, 11) is 0. The van der Waals surface area contributed by atoms with E-state index >= 15 is 0 Å². The minimum Gasteiger partial charge on any atom is -0.316 e. The molecule has 1 fully saturated rings. The van der Waals surface area contributed by atoms with Crippen LogP contribution in [-0.4, -0.2) is 31.1 Å². The van der Waals surface area contributed by atoms with Gasteiger partial charge in [-0.2, -0.15) is 0 Å². The molecule has 2 rings (SSSR count). The number of hydrogen-bond donors (Lipinski definition) is 1. The van der Waals surface area contributed by atoms with Gasteiger partial charge >= 0.3 is 0 Å². The quantitative estimate of drug-likeness (QED) is 0.878. The second-order valence-electron chi connectivity index (χ2n) is 6.41. The molecule has 3 unspecified atom stereocenters. The molecule has 1 N–H and O–H groups in total. The SMILES string of the molecule is Cc1ccc(C(C)N2CC(C)CNCC(C)C2)cc1. The van der Waals surface area contributed by atoms with E-state index in [0.717, 1.165) is 24.9 Å². The molecule has 19 heavy (non-hydrogen) atoms. The van der Waals surface area contributed by atoms with E-state index in [-0.39, 0.29) is 0 Å². The monoisotopic (exact) mass is 260 g/mol. The zero-order chi connectivity index (χ0) is 13.8. The first-order valence-electron chi connectivity index (χ1n) is 7.57. The molecule has 0 amide bonds. The lowest BCUT2D eigenvalue weighted by Crippen LogP contribution is -2.43. The fourth-order valence-electron chi connectivity index (χ4n) is 2.95. The van der Waals surface area contributed by atoms with E-state index in [0.29, 0.717) is 6.04 Å². The molecular formula is C17H28N2. The summed E-state index contributed by atoms with van der Waals surface area (Å²) < 4.78 is 0. The summed E-state index contributed by atoms with van der Waals surface area (Å²) >= 11 is 0. The van der Waals surface area contributed by atoms with Crippen LogP contribution in [0.1, 0.15) is 37.9 Å². The molecule has 3 atom stereocenters. The lowest BCUT2D eigenvalue weighted by molar-refractivity contribution is 0.142. The Morgan fingerprint density at radius 3 is 2.11 bits per heavy atom. The maximum Gasteiger partial charge on any atom is 0.0320 e. The minimum absolute atomic E-state index is 0.517. The molecule has 0 bridgehead atoms. The third-order valence-corrected chi connectivity index (χ3v) is 4.19. The van der Waals surface area contributed by atoms with Crippen molar-refractivity contribution in [2.75, 3.05) is 26.2 Å². The van der Waals surface area contributed by atoms with Gasteiger partial charge in [0.05, 0.1) is 0 Å². The van der Waals surface area contributed by atoms with Crippen LogP contribution in [0, 0.1) is 18.8 Å². The molecule has 1 aromatic carbocycles. The molecule has 0 aliphatic carbocycles. The Kier molecular flexibility index (Phi) is 5.00. The summed E-state index contributed by atoms with van der Waals surface area (Å²) in [6.07, 6.45) is 0. The van der Waals surface area contributed by atoms with Crippen molar-refractivity contribution in [1.29, 1.82) is 0 Å². The Balaban J connectivity index is 2.10. The van der Waals surface area contributed by atoms with Gasteiger partial charge in [0.25, 0.3) is 0 Å². The van der Waals surface area contributed by atoms with Gasteiger partial charge in [0, 0.05) is 19.1 Å². The highest BCUT2D eigenvalue weighted by molar-refractivity contribution is 5.23. The lowest BCUT2D eigenvalue weighted by Gasteiger charge is -2.36. The topological polar surface area (TPSA) is 15.3 Å². The molecule has 1 aliphatic rings. The fourth-order valence-corrected chi connectivity index (χ4v) is 2.95. The van der Waals surface area contributed by atoms with Crippen molar-refractivity contribution >= 4 is 0 Å². The summed E-state index contributed by atoms with van der Waals surface area (Å²) in [5.41, 5.74) is 2.79. The molecule has 0 spiro atoms. The fraction of sp³-hybridized carbons (Fsp3) is 0.647. The summed E-state index contributed by atoms with van der Waals surface area (Å²) in [5.74, 6) is 1.45. The normalized spacial score (nSPS) is 27.6. The van der Waals surface area contributed by atoms with Crippen molar-refractivity contribution in [2.45, 2.75) is 33.7 Å². The highest BCUT2D eigenvalue weighted by Gasteiger charge is 2.22. The van der Waals surface area contributed by atoms with E-state index in [1.165, 1.54) is 24.2 Å². The maximum atomic E-state index is 3.57. The molecule has 0 saturated carbocycles. The first kappa shape index (κ1) is 14.5. The van der Waals surface area contributed by atoms with Crippen LogP contribution in [0.25, 0.3) is 0 Å². The highest BCUT2D eigenvalue weighted by atomic mass is 15.2. The van der Waals surface area contributed by atoms with Crippen LogP contribution < -0.4 is 5.32 Å². The van der Waals surface area contributed by atoms with E-state index in [1.807, 2.05) is 0 Å². The van der Waals surface area contributed by atoms with Crippen LogP contribution in [0.15, 0.2) is 24.3 Å². The number of rotatable bonds is 2. The Bertz CT molecular complexity index is 373. The molecule has 0 aromatic heterocycles. The summed E-state index contributed by atoms with van der Waals surface area (Å²) in [6.45, 7) is 13.8. The Labute approximate surface area is 118 Å². The first-order valence-corrected chi connectivity index (χ1v) is 7.57. The molecule has 106 valence electrons. The maximum absolute atomic E-state index is 3.57. The number of hydrogen-bond acceptors (Lipinski definition) is 2. The average molecular weight is 260 g/mol. The Hall–Kier alpha value is -0.860. The number of nitrogens with zero attached hydrogens (tertiary/aromatic N) is 1. The van der Waals surface area contributed by atoms with Gasteiger partial charge in [-0.1, -0.05) is 43.7 Å². The van der Waals surface area contributed by atoms with Gasteiger partial charge < -0.3 is 5.32 Å². The van der Waals surface area contributed by atoms with Crippen molar-refractivity contribution in [2.24, 2.45) is 11.8 Å². The van der Waals surface area contributed by atoms with Crippen LogP contribution in [0.4, 0.5) is 0 Å². The first-order chi connectivity index (χ1) is 9.06. The average Bonchev–Trinajstić information content (AvgIpc) is 2.36. The van der Waals surface area contributed by atoms with E-state index in [9.17, 15) is 0 Å². The Morgan fingerprint density at radius 2 is 1.58 bits per heavy atom. The van der Waals surface area contributed by atoms with Gasteiger partial charge in [0.1, 0.15) is 0 Å². The second-order valence-corrected chi connectivity index (χ2v) is 6.41. The van der Waals surface area contributed by atoms with Crippen molar-refractivity contribution in [1.82, 2.24) is 10.2 Å². The number of nitrogens with one attached hydrogen (secondary N) is 1. The summed E-state index contributed by atoms with van der Waals surface area (Å²) in [6, 6.07) is 9.54. The summed E-state index contributed by atoms with van der Waals surface area (Å²) in [5, 5.41) is 3.57. The molecule has 2 heteroatoms. The van der Waals surface area contributed by atoms with Gasteiger partial charge in [-0.15, -0.1) is 0 Å². The Morgan fingerprint density at radius 1 is 1.05 bits per heavy atom. The second kappa shape index (κ2) is 6.53. The van der Waals surface area contributed by atoms with Crippen molar-refractivity contribution in [3.63, 3.8) is 0 Å². The van der Waals surface area contributed by atoms with E-state index in [2.05, 4.69) is 62.2 Å². The van der Waals surface area contributed by atoms with Gasteiger partial charge in [-0.3, -0.25) is 4.90 Å². The predicted octanol–water partition coefficient (Wildman–Crippen LogP) is 3.23. The number of benzene rings is 1. The van der Waals surface area contributed by atoms with Crippen LogP contribution in [0.5, 0.6) is 0 Å². The largest absolute Gasteiger partial charge is 0.316 e. The molecule has 1 heterocycles. The van der Waals surface area contributed by atoms with E-state index < -0.39 is 0 Å². The zero-order valence-electron chi connectivity index (χ0n) is 12.8. The van der Waals surface area contributed by atoms with Crippen molar-refractivity contribution < 1.29 is 0 Å². The molecular weight excluding hydrogens is 232 g/mol. The smallest absolute Gasteiger partial charge is 0.0320 e. The van der Waals surface area contributed by atoms with E-state index in [4.69, 9.17) is 0 Å². The van der Waals surface area contributed by atoms with Gasteiger partial charge in [0.2, 0.25) is 0 Å². The van der Waals surface area contributed by atoms with Gasteiger partial charge in [0.15, 0.2) is 0 Å². The van der Waals surface area contributed by atoms with Gasteiger partial charge in [-0.05, 0) is 44.3 Å². The summed E-state index contributed by atoms with van der Waals surface area (Å²) in [4.78, 5) is 2.65. The van der Waals surface area contributed by atoms with Crippen LogP contribution >= 0.6 is 0 Å². The third kappa shape index (κ3) is 4.05. The molecule has 2 nitrogen and oxygen atoms in total. The highest BCUT2D eigenvalue weighted by Crippen LogP contribution is 2.23. The van der Waals surface area contributed by atoms with E-state index in [1.54, 1.807) is 0 Å². The van der Waals surface area contributed by atoms with Crippen LogP contribution in [0.2, 0.25) is 0 Å². The standard InChI is InChI=1S/C17H28N2/c1-13-5-7-17(8-6-13)16(4)19-11-14(2)9-18-10-15(3)12-19/h5-8,14-16,18H,9-12H2,1-4H3. The minimum atomic E-state index is 0.517. The van der Waals surface area contributed by atoms with Crippen molar-refractivity contribution in [3.05, 3.63) is 35.4 Å². The molecule has 0 radical (unpaired) electrons.